The number of morpholine rings is 1. The molecule has 1 amide bonds. The van der Waals surface area contributed by atoms with Gasteiger partial charge in [0.15, 0.2) is 0 Å². The Morgan fingerprint density at radius 3 is 2.70 bits per heavy atom. The monoisotopic (exact) mass is 412 g/mol. The molecule has 27 heavy (non-hydrogen) atoms. The molecule has 1 unspecified atom stereocenters. The van der Waals surface area contributed by atoms with Gasteiger partial charge in [-0.3, -0.25) is 4.79 Å². The summed E-state index contributed by atoms with van der Waals surface area (Å²) in [5.74, 6) is -1.39. The molecule has 1 N–H and O–H groups in total. The third-order valence-corrected chi connectivity index (χ3v) is 7.27. The maximum absolute atomic E-state index is 14.3. The van der Waals surface area contributed by atoms with Gasteiger partial charge in [-0.1, -0.05) is 13.0 Å². The number of ether oxygens (including phenoxy) is 1. The van der Waals surface area contributed by atoms with Crippen molar-refractivity contribution in [1.82, 2.24) is 9.62 Å². The van der Waals surface area contributed by atoms with Crippen LogP contribution in [0.4, 0.5) is 4.39 Å². The molecule has 1 aromatic carbocycles. The minimum absolute atomic E-state index is 0.0971. The van der Waals surface area contributed by atoms with Gasteiger partial charge in [0.05, 0.1) is 29.7 Å². The van der Waals surface area contributed by atoms with Crippen LogP contribution in [0.2, 0.25) is 0 Å². The molecule has 2 aromatic rings. The lowest BCUT2D eigenvalue weighted by Crippen LogP contribution is -2.40. The van der Waals surface area contributed by atoms with E-state index >= 15 is 0 Å². The van der Waals surface area contributed by atoms with E-state index in [-0.39, 0.29) is 29.6 Å². The maximum atomic E-state index is 14.3. The first-order valence-corrected chi connectivity index (χ1v) is 11.0. The van der Waals surface area contributed by atoms with Crippen molar-refractivity contribution in [2.45, 2.75) is 24.3 Å². The molecule has 1 saturated heterocycles. The average Bonchev–Trinajstić information content (AvgIpc) is 3.21. The van der Waals surface area contributed by atoms with Crippen LogP contribution in [0.1, 0.15) is 34.6 Å². The zero-order valence-corrected chi connectivity index (χ0v) is 16.5. The summed E-state index contributed by atoms with van der Waals surface area (Å²) < 4.78 is 46.2. The fraction of sp³-hybridized carbons (Fsp3) is 0.389. The van der Waals surface area contributed by atoms with E-state index in [9.17, 15) is 17.6 Å². The standard InChI is InChI=1S/C18H21FN2O4S2/c1-2-16(17-4-3-11-26-17)20-18(22)14-12-13(5-6-15(14)19)27(23,24)21-7-9-25-10-8-21/h3-6,11-12,16H,2,7-10H2,1H3,(H,20,22). The van der Waals surface area contributed by atoms with Crippen LogP contribution in [0, 0.1) is 5.82 Å². The van der Waals surface area contributed by atoms with Gasteiger partial charge in [-0.2, -0.15) is 4.31 Å². The number of hydrogen-bond acceptors (Lipinski definition) is 5. The maximum Gasteiger partial charge on any atom is 0.254 e. The van der Waals surface area contributed by atoms with Crippen molar-refractivity contribution in [3.63, 3.8) is 0 Å². The number of nitrogens with one attached hydrogen (secondary N) is 1. The van der Waals surface area contributed by atoms with Gasteiger partial charge in [-0.25, -0.2) is 12.8 Å². The molecule has 1 aromatic heterocycles. The van der Waals surface area contributed by atoms with Crippen molar-refractivity contribution < 1.29 is 22.3 Å². The van der Waals surface area contributed by atoms with E-state index in [1.165, 1.54) is 21.7 Å². The van der Waals surface area contributed by atoms with Gasteiger partial charge < -0.3 is 10.1 Å². The first kappa shape index (κ1) is 19.9. The quantitative estimate of drug-likeness (QED) is 0.792. The first-order valence-electron chi connectivity index (χ1n) is 8.65. The lowest BCUT2D eigenvalue weighted by Gasteiger charge is -2.26. The fourth-order valence-electron chi connectivity index (χ4n) is 2.87. The molecule has 0 bridgehead atoms. The smallest absolute Gasteiger partial charge is 0.254 e. The van der Waals surface area contributed by atoms with Gasteiger partial charge in [0.2, 0.25) is 10.0 Å². The van der Waals surface area contributed by atoms with Crippen LogP contribution in [0.15, 0.2) is 40.6 Å². The molecule has 0 spiro atoms. The van der Waals surface area contributed by atoms with Crippen LogP contribution in [0.3, 0.4) is 0 Å². The summed E-state index contributed by atoms with van der Waals surface area (Å²) in [5, 5.41) is 4.69. The summed E-state index contributed by atoms with van der Waals surface area (Å²) in [7, 11) is -3.80. The predicted octanol–water partition coefficient (Wildman–Crippen LogP) is 2.79. The van der Waals surface area contributed by atoms with Crippen LogP contribution in [0.25, 0.3) is 0 Å². The zero-order valence-electron chi connectivity index (χ0n) is 14.9. The van der Waals surface area contributed by atoms with Crippen molar-refractivity contribution in [2.75, 3.05) is 26.3 Å². The molecule has 9 heteroatoms. The van der Waals surface area contributed by atoms with Crippen molar-refractivity contribution in [2.24, 2.45) is 0 Å². The number of amides is 1. The minimum atomic E-state index is -3.80. The Morgan fingerprint density at radius 1 is 1.33 bits per heavy atom. The molecule has 1 aliphatic rings. The van der Waals surface area contributed by atoms with Crippen LogP contribution in [-0.4, -0.2) is 44.9 Å². The Balaban J connectivity index is 1.85. The zero-order chi connectivity index (χ0) is 19.4. The summed E-state index contributed by atoms with van der Waals surface area (Å²) >= 11 is 1.50. The molecule has 6 nitrogen and oxygen atoms in total. The predicted molar refractivity (Wildman–Crippen MR) is 101 cm³/mol. The normalized spacial score (nSPS) is 16.8. The molecule has 146 valence electrons. The topological polar surface area (TPSA) is 75.7 Å². The summed E-state index contributed by atoms with van der Waals surface area (Å²) in [6, 6.07) is 6.84. The Kier molecular flexibility index (Phi) is 6.25. The Bertz CT molecular complexity index is 894. The number of rotatable bonds is 6. The third kappa shape index (κ3) is 4.37. The number of thiophene rings is 1. The SMILES string of the molecule is CCC(NC(=O)c1cc(S(=O)(=O)N2CCOCC2)ccc1F)c1cccs1. The highest BCUT2D eigenvalue weighted by molar-refractivity contribution is 7.89. The van der Waals surface area contributed by atoms with Crippen molar-refractivity contribution in [3.8, 4) is 0 Å². The number of carbonyl (C=O) groups excluding carboxylic acids is 1. The minimum Gasteiger partial charge on any atom is -0.379 e. The van der Waals surface area contributed by atoms with E-state index < -0.39 is 21.7 Å². The number of halogens is 1. The lowest BCUT2D eigenvalue weighted by atomic mass is 10.1. The molecular formula is C18H21FN2O4S2. The summed E-state index contributed by atoms with van der Waals surface area (Å²) in [4.78, 5) is 13.5. The largest absolute Gasteiger partial charge is 0.379 e. The van der Waals surface area contributed by atoms with E-state index in [2.05, 4.69) is 5.32 Å². The Hall–Kier alpha value is -1.81. The summed E-state index contributed by atoms with van der Waals surface area (Å²) in [6.07, 6.45) is 0.639. The number of benzene rings is 1. The number of carbonyl (C=O) groups is 1. The van der Waals surface area contributed by atoms with Crippen molar-refractivity contribution in [3.05, 3.63) is 52.0 Å². The fourth-order valence-corrected chi connectivity index (χ4v) is 5.17. The van der Waals surface area contributed by atoms with E-state index in [0.717, 1.165) is 17.0 Å². The molecule has 1 fully saturated rings. The van der Waals surface area contributed by atoms with Gasteiger partial charge in [-0.05, 0) is 36.1 Å². The van der Waals surface area contributed by atoms with Crippen molar-refractivity contribution in [1.29, 1.82) is 0 Å². The Morgan fingerprint density at radius 2 is 2.07 bits per heavy atom. The van der Waals surface area contributed by atoms with Gasteiger partial charge in [-0.15, -0.1) is 11.3 Å². The Labute approximate surface area is 162 Å². The molecule has 2 heterocycles. The van der Waals surface area contributed by atoms with E-state index in [0.29, 0.717) is 19.6 Å². The number of sulfonamides is 1. The van der Waals surface area contributed by atoms with Crippen LogP contribution in [0.5, 0.6) is 0 Å². The van der Waals surface area contributed by atoms with Crippen LogP contribution in [-0.2, 0) is 14.8 Å². The van der Waals surface area contributed by atoms with E-state index in [4.69, 9.17) is 4.74 Å². The second-order valence-electron chi connectivity index (χ2n) is 6.11. The molecule has 0 saturated carbocycles. The highest BCUT2D eigenvalue weighted by atomic mass is 32.2. The molecule has 0 aliphatic carbocycles. The van der Waals surface area contributed by atoms with E-state index in [1.807, 2.05) is 24.4 Å². The van der Waals surface area contributed by atoms with Crippen LogP contribution < -0.4 is 5.32 Å². The highest BCUT2D eigenvalue weighted by Gasteiger charge is 2.28. The molecule has 0 radical (unpaired) electrons. The lowest BCUT2D eigenvalue weighted by molar-refractivity contribution is 0.0730. The number of nitrogens with zero attached hydrogens (tertiary/aromatic N) is 1. The second kappa shape index (κ2) is 8.47. The summed E-state index contributed by atoms with van der Waals surface area (Å²) in [6.45, 7) is 3.01. The van der Waals surface area contributed by atoms with Gasteiger partial charge >= 0.3 is 0 Å². The van der Waals surface area contributed by atoms with E-state index in [1.54, 1.807) is 0 Å². The van der Waals surface area contributed by atoms with Gasteiger partial charge in [0.25, 0.3) is 5.91 Å². The first-order chi connectivity index (χ1) is 12.9. The molecule has 1 aliphatic heterocycles. The number of hydrogen-bond donors (Lipinski definition) is 1. The van der Waals surface area contributed by atoms with Crippen molar-refractivity contribution >= 4 is 27.3 Å². The molecular weight excluding hydrogens is 391 g/mol. The second-order valence-corrected chi connectivity index (χ2v) is 9.03. The van der Waals surface area contributed by atoms with Gasteiger partial charge in [0, 0.05) is 18.0 Å². The summed E-state index contributed by atoms with van der Waals surface area (Å²) in [5.41, 5.74) is -0.278. The molecule has 1 atom stereocenters. The molecule has 3 rings (SSSR count). The van der Waals surface area contributed by atoms with Gasteiger partial charge in [0.1, 0.15) is 5.82 Å². The average molecular weight is 413 g/mol. The third-order valence-electron chi connectivity index (χ3n) is 4.39. The van der Waals surface area contributed by atoms with Crippen LogP contribution >= 0.6 is 11.3 Å². The highest BCUT2D eigenvalue weighted by Crippen LogP contribution is 2.24.